The number of alkyl halides is 2. The molecule has 0 heterocycles. The zero-order valence-corrected chi connectivity index (χ0v) is 10.00. The van der Waals surface area contributed by atoms with Gasteiger partial charge >= 0.3 is 0 Å². The highest BCUT2D eigenvalue weighted by Crippen LogP contribution is 2.19. The van der Waals surface area contributed by atoms with Gasteiger partial charge in [0.1, 0.15) is 0 Å². The van der Waals surface area contributed by atoms with Crippen molar-refractivity contribution in [3.63, 3.8) is 0 Å². The molecule has 0 saturated heterocycles. The summed E-state index contributed by atoms with van der Waals surface area (Å²) in [5.74, 6) is 0. The molecule has 0 saturated carbocycles. The van der Waals surface area contributed by atoms with E-state index < -0.39 is 6.43 Å². The molecule has 0 amide bonds. The Balaban J connectivity index is 2.53. The molecule has 0 radical (unpaired) electrons. The van der Waals surface area contributed by atoms with Crippen molar-refractivity contribution >= 4 is 0 Å². The van der Waals surface area contributed by atoms with E-state index in [-0.39, 0.29) is 18.2 Å². The third kappa shape index (κ3) is 4.79. The summed E-state index contributed by atoms with van der Waals surface area (Å²) in [5.41, 5.74) is 0.902. The summed E-state index contributed by atoms with van der Waals surface area (Å²) in [6.45, 7) is 2.73. The molecule has 4 heteroatoms. The van der Waals surface area contributed by atoms with Gasteiger partial charge in [0.05, 0.1) is 0 Å². The lowest BCUT2D eigenvalue weighted by atomic mass is 10.1. The highest BCUT2D eigenvalue weighted by Gasteiger charge is 2.08. The Morgan fingerprint density at radius 3 is 2.71 bits per heavy atom. The van der Waals surface area contributed by atoms with E-state index in [2.05, 4.69) is 5.32 Å². The lowest BCUT2D eigenvalue weighted by molar-refractivity contribution is 0.151. The minimum atomic E-state index is -2.42. The first-order valence-corrected chi connectivity index (χ1v) is 5.88. The fourth-order valence-corrected chi connectivity index (χ4v) is 1.71. The van der Waals surface area contributed by atoms with Crippen molar-refractivity contribution in [1.82, 2.24) is 5.32 Å². The minimum Gasteiger partial charge on any atom is -0.396 e. The van der Waals surface area contributed by atoms with Crippen LogP contribution in [0.15, 0.2) is 24.3 Å². The molecule has 0 aromatic heterocycles. The summed E-state index contributed by atoms with van der Waals surface area (Å²) in [4.78, 5) is 0. The molecular formula is C13H19F2NO. The van der Waals surface area contributed by atoms with Gasteiger partial charge in [0.15, 0.2) is 0 Å². The Bertz CT molecular complexity index is 331. The summed E-state index contributed by atoms with van der Waals surface area (Å²) >= 11 is 0. The van der Waals surface area contributed by atoms with Crippen molar-refractivity contribution in [2.75, 3.05) is 6.61 Å². The van der Waals surface area contributed by atoms with Gasteiger partial charge in [-0.25, -0.2) is 8.78 Å². The number of nitrogens with one attached hydrogen (secondary N) is 1. The standard InChI is InChI=1S/C13H19F2NO/c1-2-12(6-7-17)16-9-10-4-3-5-11(8-10)13(14)15/h3-5,8,12-13,16-17H,2,6-7,9H2,1H3. The molecule has 1 aromatic carbocycles. The number of halogens is 2. The Labute approximate surface area is 101 Å². The molecule has 0 bridgehead atoms. The number of benzene rings is 1. The van der Waals surface area contributed by atoms with Gasteiger partial charge in [0.2, 0.25) is 0 Å². The predicted octanol–water partition coefficient (Wildman–Crippen LogP) is 2.87. The third-order valence-corrected chi connectivity index (χ3v) is 2.77. The molecule has 0 aliphatic heterocycles. The summed E-state index contributed by atoms with van der Waals surface area (Å²) in [5, 5.41) is 12.1. The predicted molar refractivity (Wildman–Crippen MR) is 64.0 cm³/mol. The second kappa shape index (κ2) is 7.35. The zero-order chi connectivity index (χ0) is 12.7. The molecule has 2 N–H and O–H groups in total. The fourth-order valence-electron chi connectivity index (χ4n) is 1.71. The normalized spacial score (nSPS) is 13.0. The van der Waals surface area contributed by atoms with Crippen LogP contribution in [0.5, 0.6) is 0 Å². The SMILES string of the molecule is CCC(CCO)NCc1cccc(C(F)F)c1. The van der Waals surface area contributed by atoms with Crippen molar-refractivity contribution in [3.8, 4) is 0 Å². The molecular weight excluding hydrogens is 224 g/mol. The number of rotatable bonds is 7. The molecule has 0 aliphatic carbocycles. The highest BCUT2D eigenvalue weighted by atomic mass is 19.3. The van der Waals surface area contributed by atoms with Crippen molar-refractivity contribution in [2.45, 2.75) is 38.8 Å². The monoisotopic (exact) mass is 243 g/mol. The number of hydrogen-bond acceptors (Lipinski definition) is 2. The number of aliphatic hydroxyl groups is 1. The van der Waals surface area contributed by atoms with E-state index in [0.29, 0.717) is 13.0 Å². The van der Waals surface area contributed by atoms with Gasteiger partial charge in [-0.2, -0.15) is 0 Å². The molecule has 17 heavy (non-hydrogen) atoms. The van der Waals surface area contributed by atoms with Gasteiger partial charge in [-0.1, -0.05) is 25.1 Å². The average molecular weight is 243 g/mol. The fraction of sp³-hybridized carbons (Fsp3) is 0.538. The van der Waals surface area contributed by atoms with E-state index >= 15 is 0 Å². The quantitative estimate of drug-likeness (QED) is 0.771. The molecule has 2 nitrogen and oxygen atoms in total. The Morgan fingerprint density at radius 2 is 2.12 bits per heavy atom. The van der Waals surface area contributed by atoms with Gasteiger partial charge in [0, 0.05) is 24.8 Å². The van der Waals surface area contributed by atoms with Gasteiger partial charge in [0.25, 0.3) is 6.43 Å². The van der Waals surface area contributed by atoms with E-state index in [1.165, 1.54) is 12.1 Å². The van der Waals surface area contributed by atoms with E-state index in [9.17, 15) is 8.78 Å². The second-order valence-electron chi connectivity index (χ2n) is 4.04. The Hall–Kier alpha value is -1.00. The van der Waals surface area contributed by atoms with Gasteiger partial charge in [-0.05, 0) is 24.5 Å². The van der Waals surface area contributed by atoms with Crippen LogP contribution in [0.1, 0.15) is 37.3 Å². The van der Waals surface area contributed by atoms with Crippen molar-refractivity contribution in [3.05, 3.63) is 35.4 Å². The van der Waals surface area contributed by atoms with Crippen molar-refractivity contribution < 1.29 is 13.9 Å². The molecule has 1 atom stereocenters. The molecule has 0 spiro atoms. The first kappa shape index (κ1) is 14.1. The lowest BCUT2D eigenvalue weighted by Gasteiger charge is -2.16. The topological polar surface area (TPSA) is 32.3 Å². The van der Waals surface area contributed by atoms with Crippen LogP contribution in [-0.4, -0.2) is 17.8 Å². The maximum Gasteiger partial charge on any atom is 0.263 e. The van der Waals surface area contributed by atoms with Crippen LogP contribution in [0, 0.1) is 0 Å². The van der Waals surface area contributed by atoms with Crippen LogP contribution in [0.25, 0.3) is 0 Å². The van der Waals surface area contributed by atoms with Crippen LogP contribution in [-0.2, 0) is 6.54 Å². The first-order chi connectivity index (χ1) is 8.17. The van der Waals surface area contributed by atoms with Crippen LogP contribution >= 0.6 is 0 Å². The summed E-state index contributed by atoms with van der Waals surface area (Å²) < 4.78 is 25.0. The van der Waals surface area contributed by atoms with Crippen molar-refractivity contribution in [2.24, 2.45) is 0 Å². The molecule has 0 aliphatic rings. The maximum absolute atomic E-state index is 12.5. The average Bonchev–Trinajstić information content (AvgIpc) is 2.34. The molecule has 1 rings (SSSR count). The van der Waals surface area contributed by atoms with Crippen molar-refractivity contribution in [1.29, 1.82) is 0 Å². The van der Waals surface area contributed by atoms with E-state index in [4.69, 9.17) is 5.11 Å². The molecule has 1 aromatic rings. The summed E-state index contributed by atoms with van der Waals surface area (Å²) in [7, 11) is 0. The van der Waals surface area contributed by atoms with E-state index in [0.717, 1.165) is 12.0 Å². The molecule has 0 fully saturated rings. The van der Waals surface area contributed by atoms with Gasteiger partial charge in [-0.3, -0.25) is 0 Å². The largest absolute Gasteiger partial charge is 0.396 e. The molecule has 96 valence electrons. The van der Waals surface area contributed by atoms with E-state index in [1.807, 2.05) is 13.0 Å². The van der Waals surface area contributed by atoms with Gasteiger partial charge in [-0.15, -0.1) is 0 Å². The highest BCUT2D eigenvalue weighted by molar-refractivity contribution is 5.24. The minimum absolute atomic E-state index is 0.0551. The summed E-state index contributed by atoms with van der Waals surface area (Å²) in [6, 6.07) is 6.65. The smallest absolute Gasteiger partial charge is 0.263 e. The first-order valence-electron chi connectivity index (χ1n) is 5.88. The number of hydrogen-bond donors (Lipinski definition) is 2. The Kier molecular flexibility index (Phi) is 6.08. The van der Waals surface area contributed by atoms with Gasteiger partial charge < -0.3 is 10.4 Å². The lowest BCUT2D eigenvalue weighted by Crippen LogP contribution is -2.28. The van der Waals surface area contributed by atoms with Crippen LogP contribution in [0.2, 0.25) is 0 Å². The van der Waals surface area contributed by atoms with E-state index in [1.54, 1.807) is 6.07 Å². The van der Waals surface area contributed by atoms with Crippen LogP contribution < -0.4 is 5.32 Å². The number of aliphatic hydroxyl groups excluding tert-OH is 1. The second-order valence-corrected chi connectivity index (χ2v) is 4.04. The molecule has 1 unspecified atom stereocenters. The van der Waals surface area contributed by atoms with Crippen LogP contribution in [0.3, 0.4) is 0 Å². The third-order valence-electron chi connectivity index (χ3n) is 2.77. The zero-order valence-electron chi connectivity index (χ0n) is 10.00. The van der Waals surface area contributed by atoms with Crippen LogP contribution in [0.4, 0.5) is 8.78 Å². The maximum atomic E-state index is 12.5. The summed E-state index contributed by atoms with van der Waals surface area (Å²) in [6.07, 6.45) is -0.825. The Morgan fingerprint density at radius 1 is 1.35 bits per heavy atom.